The number of aromatic nitrogens is 2. The average Bonchev–Trinajstić information content (AvgIpc) is 3.08. The molecule has 2 aromatic heterocycles. The van der Waals surface area contributed by atoms with E-state index in [1.165, 1.54) is 0 Å². The van der Waals surface area contributed by atoms with Crippen LogP contribution >= 0.6 is 15.9 Å². The third-order valence-electron chi connectivity index (χ3n) is 3.08. The van der Waals surface area contributed by atoms with Gasteiger partial charge < -0.3 is 4.42 Å². The Morgan fingerprint density at radius 3 is 3.05 bits per heavy atom. The number of halogens is 1. The maximum atomic E-state index is 11.9. The molecular formula is C13H12BrN3O2. The van der Waals surface area contributed by atoms with Crippen LogP contribution in [0, 0.1) is 5.92 Å². The fourth-order valence-electron chi connectivity index (χ4n) is 2.12. The van der Waals surface area contributed by atoms with Gasteiger partial charge in [-0.05, 0) is 24.1 Å². The van der Waals surface area contributed by atoms with Gasteiger partial charge in [0, 0.05) is 24.5 Å². The van der Waals surface area contributed by atoms with E-state index in [-0.39, 0.29) is 5.91 Å². The van der Waals surface area contributed by atoms with Gasteiger partial charge in [0.2, 0.25) is 11.9 Å². The van der Waals surface area contributed by atoms with Gasteiger partial charge in [0.1, 0.15) is 5.69 Å². The molecule has 19 heavy (non-hydrogen) atoms. The molecule has 0 aromatic carbocycles. The Morgan fingerprint density at radius 2 is 2.37 bits per heavy atom. The minimum absolute atomic E-state index is 0.0704. The molecule has 3 heterocycles. The van der Waals surface area contributed by atoms with E-state index in [4.69, 9.17) is 4.42 Å². The molecule has 1 unspecified atom stereocenters. The van der Waals surface area contributed by atoms with Gasteiger partial charge in [-0.15, -0.1) is 0 Å². The molecule has 1 atom stereocenters. The van der Waals surface area contributed by atoms with Crippen molar-refractivity contribution in [1.29, 1.82) is 0 Å². The van der Waals surface area contributed by atoms with Crippen molar-refractivity contribution >= 4 is 27.8 Å². The smallest absolute Gasteiger partial charge is 0.232 e. The van der Waals surface area contributed by atoms with Gasteiger partial charge >= 0.3 is 0 Å². The zero-order valence-corrected chi connectivity index (χ0v) is 11.7. The van der Waals surface area contributed by atoms with Crippen LogP contribution in [0.1, 0.15) is 6.42 Å². The molecule has 1 saturated heterocycles. The lowest BCUT2D eigenvalue weighted by molar-refractivity contribution is -0.117. The molecule has 1 fully saturated rings. The summed E-state index contributed by atoms with van der Waals surface area (Å²) in [6.07, 6.45) is 3.79. The van der Waals surface area contributed by atoms with Crippen LogP contribution in [0.25, 0.3) is 11.5 Å². The fraction of sp³-hybridized carbons (Fsp3) is 0.308. The Balaban J connectivity index is 1.90. The van der Waals surface area contributed by atoms with Crippen molar-refractivity contribution in [1.82, 2.24) is 9.97 Å². The van der Waals surface area contributed by atoms with Crippen molar-refractivity contribution in [2.24, 2.45) is 5.92 Å². The van der Waals surface area contributed by atoms with Crippen molar-refractivity contribution in [3.8, 4) is 11.5 Å². The van der Waals surface area contributed by atoms with E-state index in [0.717, 1.165) is 5.33 Å². The van der Waals surface area contributed by atoms with E-state index >= 15 is 0 Å². The van der Waals surface area contributed by atoms with Gasteiger partial charge in [-0.3, -0.25) is 9.69 Å². The SMILES string of the molecule is O=C1CC(CBr)CN1c1nccc(-c2ccco2)n1. The number of hydrogen-bond donors (Lipinski definition) is 0. The molecule has 0 bridgehead atoms. The van der Waals surface area contributed by atoms with E-state index in [0.29, 0.717) is 36.3 Å². The molecule has 0 radical (unpaired) electrons. The normalized spacial score (nSPS) is 19.1. The first-order valence-electron chi connectivity index (χ1n) is 6.01. The lowest BCUT2D eigenvalue weighted by atomic mass is 10.2. The maximum Gasteiger partial charge on any atom is 0.232 e. The molecule has 0 spiro atoms. The summed E-state index contributed by atoms with van der Waals surface area (Å²) in [6, 6.07) is 5.41. The largest absolute Gasteiger partial charge is 0.463 e. The Labute approximate surface area is 118 Å². The molecule has 5 nitrogen and oxygen atoms in total. The van der Waals surface area contributed by atoms with Crippen LogP contribution in [0.3, 0.4) is 0 Å². The number of rotatable bonds is 3. The van der Waals surface area contributed by atoms with Crippen LogP contribution in [0.4, 0.5) is 5.95 Å². The second-order valence-corrected chi connectivity index (χ2v) is 5.10. The summed E-state index contributed by atoms with van der Waals surface area (Å²) in [5, 5.41) is 0.813. The number of alkyl halides is 1. The van der Waals surface area contributed by atoms with Crippen LogP contribution in [0.15, 0.2) is 35.1 Å². The highest BCUT2D eigenvalue weighted by molar-refractivity contribution is 9.09. The first-order valence-corrected chi connectivity index (χ1v) is 7.13. The van der Waals surface area contributed by atoms with E-state index in [2.05, 4.69) is 25.9 Å². The lowest BCUT2D eigenvalue weighted by Crippen LogP contribution is -2.26. The Kier molecular flexibility index (Phi) is 3.33. The van der Waals surface area contributed by atoms with Crippen molar-refractivity contribution in [3.05, 3.63) is 30.7 Å². The summed E-state index contributed by atoms with van der Waals surface area (Å²) in [4.78, 5) is 22.2. The monoisotopic (exact) mass is 321 g/mol. The van der Waals surface area contributed by atoms with Crippen molar-refractivity contribution in [2.75, 3.05) is 16.8 Å². The number of hydrogen-bond acceptors (Lipinski definition) is 4. The summed E-state index contributed by atoms with van der Waals surface area (Å²) in [5.41, 5.74) is 0.685. The number of carbonyl (C=O) groups excluding carboxylic acids is 1. The quantitative estimate of drug-likeness (QED) is 0.815. The first-order chi connectivity index (χ1) is 9.28. The number of furan rings is 1. The summed E-state index contributed by atoms with van der Waals surface area (Å²) >= 11 is 3.41. The highest BCUT2D eigenvalue weighted by Crippen LogP contribution is 2.25. The van der Waals surface area contributed by atoms with E-state index in [1.54, 1.807) is 29.5 Å². The maximum absolute atomic E-state index is 11.9. The summed E-state index contributed by atoms with van der Waals surface area (Å²) < 4.78 is 5.31. The second kappa shape index (κ2) is 5.13. The number of amides is 1. The lowest BCUT2D eigenvalue weighted by Gasteiger charge is -2.14. The number of nitrogens with zero attached hydrogens (tertiary/aromatic N) is 3. The van der Waals surface area contributed by atoms with Crippen LogP contribution in [0.2, 0.25) is 0 Å². The molecule has 1 aliphatic heterocycles. The molecule has 6 heteroatoms. The summed E-state index contributed by atoms with van der Waals surface area (Å²) in [7, 11) is 0. The third-order valence-corrected chi connectivity index (χ3v) is 4.00. The molecule has 2 aromatic rings. The molecule has 0 aliphatic carbocycles. The Morgan fingerprint density at radius 1 is 1.47 bits per heavy atom. The van der Waals surface area contributed by atoms with Crippen molar-refractivity contribution in [3.63, 3.8) is 0 Å². The predicted molar refractivity (Wildman–Crippen MR) is 74.0 cm³/mol. The van der Waals surface area contributed by atoms with Gasteiger partial charge in [0.15, 0.2) is 5.76 Å². The van der Waals surface area contributed by atoms with Crippen LogP contribution < -0.4 is 4.90 Å². The highest BCUT2D eigenvalue weighted by atomic mass is 79.9. The minimum Gasteiger partial charge on any atom is -0.463 e. The van der Waals surface area contributed by atoms with Crippen molar-refractivity contribution in [2.45, 2.75) is 6.42 Å². The Hall–Kier alpha value is -1.69. The van der Waals surface area contributed by atoms with Gasteiger partial charge in [-0.2, -0.15) is 0 Å². The van der Waals surface area contributed by atoms with Crippen LogP contribution in [0.5, 0.6) is 0 Å². The molecule has 3 rings (SSSR count). The third kappa shape index (κ3) is 2.40. The van der Waals surface area contributed by atoms with Crippen LogP contribution in [-0.4, -0.2) is 27.7 Å². The average molecular weight is 322 g/mol. The Bertz CT molecular complexity index is 585. The van der Waals surface area contributed by atoms with E-state index in [9.17, 15) is 4.79 Å². The van der Waals surface area contributed by atoms with E-state index < -0.39 is 0 Å². The first kappa shape index (κ1) is 12.3. The van der Waals surface area contributed by atoms with E-state index in [1.807, 2.05) is 6.07 Å². The van der Waals surface area contributed by atoms with Gasteiger partial charge in [-0.1, -0.05) is 15.9 Å². The molecular weight excluding hydrogens is 310 g/mol. The minimum atomic E-state index is 0.0704. The molecule has 0 N–H and O–H groups in total. The standard InChI is InChI=1S/C13H12BrN3O2/c14-7-9-6-12(18)17(8-9)13-15-4-3-10(16-13)11-2-1-5-19-11/h1-5,9H,6-8H2. The van der Waals surface area contributed by atoms with Gasteiger partial charge in [-0.25, -0.2) is 9.97 Å². The van der Waals surface area contributed by atoms with Gasteiger partial charge in [0.25, 0.3) is 0 Å². The zero-order valence-electron chi connectivity index (χ0n) is 10.1. The number of carbonyl (C=O) groups is 1. The fourth-order valence-corrected chi connectivity index (χ4v) is 2.55. The predicted octanol–water partition coefficient (Wildman–Crippen LogP) is 2.48. The summed E-state index contributed by atoms with van der Waals surface area (Å²) in [5.74, 6) is 1.51. The molecule has 1 aliphatic rings. The van der Waals surface area contributed by atoms with Crippen LogP contribution in [-0.2, 0) is 4.79 Å². The molecule has 1 amide bonds. The zero-order chi connectivity index (χ0) is 13.2. The van der Waals surface area contributed by atoms with Crippen molar-refractivity contribution < 1.29 is 9.21 Å². The van der Waals surface area contributed by atoms with Gasteiger partial charge in [0.05, 0.1) is 6.26 Å². The topological polar surface area (TPSA) is 59.2 Å². The molecule has 98 valence electrons. The second-order valence-electron chi connectivity index (χ2n) is 4.45. The highest BCUT2D eigenvalue weighted by Gasteiger charge is 2.31. The molecule has 0 saturated carbocycles. The summed E-state index contributed by atoms with van der Waals surface area (Å²) in [6.45, 7) is 0.658. The number of anilines is 1.